The lowest BCUT2D eigenvalue weighted by Crippen LogP contribution is -2.49. The van der Waals surface area contributed by atoms with Crippen molar-refractivity contribution in [1.29, 1.82) is 0 Å². The number of rotatable bonds is 2. The van der Waals surface area contributed by atoms with Crippen LogP contribution in [0.4, 0.5) is 0 Å². The van der Waals surface area contributed by atoms with Crippen molar-refractivity contribution in [2.24, 2.45) is 0 Å². The molecule has 1 aliphatic rings. The van der Waals surface area contributed by atoms with Gasteiger partial charge in [-0.05, 0) is 19.1 Å². The molecule has 1 fully saturated rings. The molecule has 2 heterocycles. The predicted molar refractivity (Wildman–Crippen MR) is 69.6 cm³/mol. The van der Waals surface area contributed by atoms with E-state index < -0.39 is 0 Å². The smallest absolute Gasteiger partial charge is 0.0602 e. The van der Waals surface area contributed by atoms with Gasteiger partial charge in [-0.3, -0.25) is 9.88 Å². The fraction of sp³-hybridized carbons (Fsp3) is 0.500. The Morgan fingerprint density at radius 3 is 3.18 bits per heavy atom. The van der Waals surface area contributed by atoms with E-state index in [1.54, 1.807) is 0 Å². The molecule has 0 radical (unpaired) electrons. The van der Waals surface area contributed by atoms with Gasteiger partial charge in [-0.25, -0.2) is 0 Å². The molecule has 1 aliphatic heterocycles. The van der Waals surface area contributed by atoms with Crippen LogP contribution in [-0.4, -0.2) is 42.1 Å². The van der Waals surface area contributed by atoms with Gasteiger partial charge < -0.3 is 5.32 Å². The van der Waals surface area contributed by atoms with Crippen LogP contribution in [0, 0.1) is 11.8 Å². The topological polar surface area (TPSA) is 28.2 Å². The summed E-state index contributed by atoms with van der Waals surface area (Å²) in [6, 6.07) is 6.53. The Morgan fingerprint density at radius 1 is 1.47 bits per heavy atom. The maximum absolute atomic E-state index is 4.25. The van der Waals surface area contributed by atoms with Crippen molar-refractivity contribution in [3.8, 4) is 11.8 Å². The number of nitrogens with zero attached hydrogens (tertiary/aromatic N) is 2. The van der Waals surface area contributed by atoms with Crippen molar-refractivity contribution in [2.45, 2.75) is 19.4 Å². The summed E-state index contributed by atoms with van der Waals surface area (Å²) in [6.45, 7) is 6.36. The highest BCUT2D eigenvalue weighted by molar-refractivity contribution is 5.13. The molecule has 2 rings (SSSR count). The van der Waals surface area contributed by atoms with Crippen molar-refractivity contribution in [1.82, 2.24) is 15.2 Å². The SMILES string of the molecule is CC1CN(CC#CCc2ccccn2)CCN1. The van der Waals surface area contributed by atoms with E-state index in [1.165, 1.54) is 0 Å². The Balaban J connectivity index is 1.75. The minimum atomic E-state index is 0.585. The van der Waals surface area contributed by atoms with E-state index in [0.29, 0.717) is 6.04 Å². The van der Waals surface area contributed by atoms with Gasteiger partial charge in [0.05, 0.1) is 18.7 Å². The zero-order valence-electron chi connectivity index (χ0n) is 10.3. The molecule has 1 aromatic rings. The molecular formula is C14H19N3. The molecule has 0 aromatic carbocycles. The highest BCUT2D eigenvalue weighted by Gasteiger charge is 2.13. The third-order valence-corrected chi connectivity index (χ3v) is 2.88. The van der Waals surface area contributed by atoms with Gasteiger partial charge in [0.25, 0.3) is 0 Å². The largest absolute Gasteiger partial charge is 0.312 e. The van der Waals surface area contributed by atoms with Gasteiger partial charge in [0.15, 0.2) is 0 Å². The second-order valence-corrected chi connectivity index (χ2v) is 4.44. The van der Waals surface area contributed by atoms with E-state index in [9.17, 15) is 0 Å². The van der Waals surface area contributed by atoms with Gasteiger partial charge in [-0.1, -0.05) is 17.9 Å². The lowest BCUT2D eigenvalue weighted by Gasteiger charge is -2.30. The number of aromatic nitrogens is 1. The minimum absolute atomic E-state index is 0.585. The van der Waals surface area contributed by atoms with E-state index in [4.69, 9.17) is 0 Å². The van der Waals surface area contributed by atoms with Crippen LogP contribution >= 0.6 is 0 Å². The molecule has 1 N–H and O–H groups in total. The van der Waals surface area contributed by atoms with E-state index in [-0.39, 0.29) is 0 Å². The zero-order chi connectivity index (χ0) is 11.9. The third kappa shape index (κ3) is 4.18. The fourth-order valence-electron chi connectivity index (χ4n) is 1.98. The van der Waals surface area contributed by atoms with Crippen molar-refractivity contribution in [3.63, 3.8) is 0 Å². The van der Waals surface area contributed by atoms with Crippen molar-refractivity contribution in [3.05, 3.63) is 30.1 Å². The molecule has 1 unspecified atom stereocenters. The first-order valence-electron chi connectivity index (χ1n) is 6.16. The van der Waals surface area contributed by atoms with E-state index in [1.807, 2.05) is 24.4 Å². The molecule has 0 bridgehead atoms. The highest BCUT2D eigenvalue weighted by Crippen LogP contribution is 1.97. The summed E-state index contributed by atoms with van der Waals surface area (Å²) in [7, 11) is 0. The summed E-state index contributed by atoms with van der Waals surface area (Å²) in [5.74, 6) is 6.42. The Hall–Kier alpha value is -1.37. The fourth-order valence-corrected chi connectivity index (χ4v) is 1.98. The Bertz CT molecular complexity index is 391. The molecule has 17 heavy (non-hydrogen) atoms. The van der Waals surface area contributed by atoms with Gasteiger partial charge in [-0.2, -0.15) is 0 Å². The molecular weight excluding hydrogens is 210 g/mol. The molecule has 90 valence electrons. The van der Waals surface area contributed by atoms with Gasteiger partial charge in [-0.15, -0.1) is 0 Å². The molecule has 1 aromatic heterocycles. The van der Waals surface area contributed by atoms with Crippen LogP contribution in [-0.2, 0) is 6.42 Å². The predicted octanol–water partition coefficient (Wildman–Crippen LogP) is 0.921. The monoisotopic (exact) mass is 229 g/mol. The van der Waals surface area contributed by atoms with Crippen molar-refractivity contribution in [2.75, 3.05) is 26.2 Å². The molecule has 1 atom stereocenters. The van der Waals surface area contributed by atoms with Gasteiger partial charge in [0.1, 0.15) is 0 Å². The lowest BCUT2D eigenvalue weighted by molar-refractivity contribution is 0.229. The summed E-state index contributed by atoms with van der Waals surface area (Å²) < 4.78 is 0. The maximum Gasteiger partial charge on any atom is 0.0602 e. The lowest BCUT2D eigenvalue weighted by atomic mass is 10.2. The first-order chi connectivity index (χ1) is 8.34. The summed E-state index contributed by atoms with van der Waals surface area (Å²) in [4.78, 5) is 6.64. The van der Waals surface area contributed by atoms with Crippen LogP contribution in [0.1, 0.15) is 12.6 Å². The summed E-state index contributed by atoms with van der Waals surface area (Å²) in [5, 5.41) is 3.43. The average Bonchev–Trinajstić information content (AvgIpc) is 2.36. The average molecular weight is 229 g/mol. The van der Waals surface area contributed by atoms with Gasteiger partial charge >= 0.3 is 0 Å². The molecule has 0 spiro atoms. The Morgan fingerprint density at radius 2 is 2.41 bits per heavy atom. The molecule has 1 saturated heterocycles. The Labute approximate surface area is 103 Å². The third-order valence-electron chi connectivity index (χ3n) is 2.88. The summed E-state index contributed by atoms with van der Waals surface area (Å²) in [6.07, 6.45) is 2.57. The summed E-state index contributed by atoms with van der Waals surface area (Å²) in [5.41, 5.74) is 1.05. The molecule has 0 saturated carbocycles. The van der Waals surface area contributed by atoms with Gasteiger partial charge in [0.2, 0.25) is 0 Å². The first kappa shape index (κ1) is 12.1. The van der Waals surface area contributed by atoms with Crippen LogP contribution in [0.5, 0.6) is 0 Å². The van der Waals surface area contributed by atoms with Crippen LogP contribution in [0.3, 0.4) is 0 Å². The quantitative estimate of drug-likeness (QED) is 0.764. The number of nitrogens with one attached hydrogen (secondary N) is 1. The second-order valence-electron chi connectivity index (χ2n) is 4.44. The van der Waals surface area contributed by atoms with E-state index >= 15 is 0 Å². The molecule has 3 heteroatoms. The van der Waals surface area contributed by atoms with Crippen LogP contribution in [0.2, 0.25) is 0 Å². The molecule has 0 amide bonds. The normalized spacial score (nSPS) is 20.6. The second kappa shape index (κ2) is 6.39. The molecule has 0 aliphatic carbocycles. The molecule has 3 nitrogen and oxygen atoms in total. The number of pyridine rings is 1. The van der Waals surface area contributed by atoms with Gasteiger partial charge in [0, 0.05) is 31.9 Å². The Kier molecular flexibility index (Phi) is 4.54. The minimum Gasteiger partial charge on any atom is -0.312 e. The number of piperazine rings is 1. The number of hydrogen-bond donors (Lipinski definition) is 1. The van der Waals surface area contributed by atoms with E-state index in [2.05, 4.69) is 34.0 Å². The van der Waals surface area contributed by atoms with Crippen molar-refractivity contribution < 1.29 is 0 Å². The highest BCUT2D eigenvalue weighted by atomic mass is 15.2. The number of hydrogen-bond acceptors (Lipinski definition) is 3. The van der Waals surface area contributed by atoms with Crippen LogP contribution in [0.15, 0.2) is 24.4 Å². The maximum atomic E-state index is 4.25. The first-order valence-corrected chi connectivity index (χ1v) is 6.16. The zero-order valence-corrected chi connectivity index (χ0v) is 10.3. The van der Waals surface area contributed by atoms with Crippen molar-refractivity contribution >= 4 is 0 Å². The summed E-state index contributed by atoms with van der Waals surface area (Å²) >= 11 is 0. The standard InChI is InChI=1S/C14H19N3/c1-13-12-17(11-9-15-13)10-5-3-7-14-6-2-4-8-16-14/h2,4,6,8,13,15H,7,9-12H2,1H3. The van der Waals surface area contributed by atoms with E-state index in [0.717, 1.165) is 38.3 Å². The van der Waals surface area contributed by atoms with Crippen LogP contribution < -0.4 is 5.32 Å². The van der Waals surface area contributed by atoms with Crippen LogP contribution in [0.25, 0.3) is 0 Å².